The van der Waals surface area contributed by atoms with E-state index in [0.29, 0.717) is 5.71 Å². The standard InChI is InChI=1S/C10H14N8.ClH/c11-9(12)17-15-6-8(16-18-10(13)14)7-4-2-1-3-5-7;/h1-6H,(H4,11,12,17)(H4,13,14,18);1H/b15-6+,16-8-;. The van der Waals surface area contributed by atoms with Gasteiger partial charge < -0.3 is 22.9 Å². The predicted octanol–water partition coefficient (Wildman–Crippen LogP) is -0.655. The summed E-state index contributed by atoms with van der Waals surface area (Å²) in [5, 5.41) is 14.5. The number of hydrogen-bond acceptors (Lipinski definition) is 4. The molecule has 102 valence electrons. The van der Waals surface area contributed by atoms with Crippen molar-refractivity contribution in [3.63, 3.8) is 0 Å². The Labute approximate surface area is 116 Å². The van der Waals surface area contributed by atoms with E-state index in [9.17, 15) is 0 Å². The zero-order valence-corrected chi connectivity index (χ0v) is 10.8. The molecule has 0 heterocycles. The van der Waals surface area contributed by atoms with Crippen LogP contribution in [-0.2, 0) is 0 Å². The summed E-state index contributed by atoms with van der Waals surface area (Å²) in [6.45, 7) is 0. The zero-order valence-electron chi connectivity index (χ0n) is 9.97. The molecule has 1 aromatic rings. The molecule has 0 aliphatic heterocycles. The van der Waals surface area contributed by atoms with E-state index in [2.05, 4.69) is 20.4 Å². The van der Waals surface area contributed by atoms with Crippen LogP contribution in [0.3, 0.4) is 0 Å². The van der Waals surface area contributed by atoms with E-state index >= 15 is 0 Å². The normalized spacial score (nSPS) is 10.6. The minimum absolute atomic E-state index is 0. The molecule has 0 aromatic heterocycles. The minimum atomic E-state index is -0.154. The molecule has 0 spiro atoms. The Morgan fingerprint density at radius 3 is 1.95 bits per heavy atom. The van der Waals surface area contributed by atoms with Crippen molar-refractivity contribution in [2.75, 3.05) is 0 Å². The van der Waals surface area contributed by atoms with Crippen LogP contribution in [0.1, 0.15) is 5.56 Å². The van der Waals surface area contributed by atoms with E-state index < -0.39 is 0 Å². The second-order valence-electron chi connectivity index (χ2n) is 3.15. The second-order valence-corrected chi connectivity index (χ2v) is 3.15. The fraction of sp³-hybridized carbons (Fsp3) is 0. The minimum Gasteiger partial charge on any atom is -0.369 e. The van der Waals surface area contributed by atoms with Gasteiger partial charge in [0.1, 0.15) is 5.71 Å². The second kappa shape index (κ2) is 8.48. The van der Waals surface area contributed by atoms with Gasteiger partial charge in [0, 0.05) is 5.56 Å². The van der Waals surface area contributed by atoms with Crippen molar-refractivity contribution in [2.24, 2.45) is 43.3 Å². The average molecular weight is 283 g/mol. The summed E-state index contributed by atoms with van der Waals surface area (Å²) in [4.78, 5) is 0. The van der Waals surface area contributed by atoms with Crippen LogP contribution < -0.4 is 22.9 Å². The maximum Gasteiger partial charge on any atom is 0.211 e. The molecule has 19 heavy (non-hydrogen) atoms. The molecular formula is C10H15ClN8. The molecule has 1 rings (SSSR count). The molecule has 0 saturated carbocycles. The fourth-order valence-electron chi connectivity index (χ4n) is 1.03. The number of benzene rings is 1. The largest absolute Gasteiger partial charge is 0.369 e. The van der Waals surface area contributed by atoms with Gasteiger partial charge in [-0.25, -0.2) is 0 Å². The van der Waals surface area contributed by atoms with Crippen LogP contribution in [0.25, 0.3) is 0 Å². The van der Waals surface area contributed by atoms with E-state index in [1.54, 1.807) is 0 Å². The van der Waals surface area contributed by atoms with Crippen LogP contribution in [0.2, 0.25) is 0 Å². The third kappa shape index (κ3) is 6.64. The fourth-order valence-corrected chi connectivity index (χ4v) is 1.03. The lowest BCUT2D eigenvalue weighted by atomic mass is 10.1. The van der Waals surface area contributed by atoms with Gasteiger partial charge in [-0.3, -0.25) is 0 Å². The average Bonchev–Trinajstić information content (AvgIpc) is 2.34. The van der Waals surface area contributed by atoms with Crippen molar-refractivity contribution in [3.8, 4) is 0 Å². The summed E-state index contributed by atoms with van der Waals surface area (Å²) in [6, 6.07) is 9.20. The number of nitrogens with zero attached hydrogens (tertiary/aromatic N) is 4. The van der Waals surface area contributed by atoms with Crippen LogP contribution in [0.5, 0.6) is 0 Å². The van der Waals surface area contributed by atoms with Crippen molar-refractivity contribution in [3.05, 3.63) is 35.9 Å². The molecule has 0 aliphatic carbocycles. The van der Waals surface area contributed by atoms with Crippen molar-refractivity contribution in [1.82, 2.24) is 0 Å². The summed E-state index contributed by atoms with van der Waals surface area (Å²) in [7, 11) is 0. The zero-order chi connectivity index (χ0) is 13.4. The maximum atomic E-state index is 5.20. The molecule has 8 N–H and O–H groups in total. The summed E-state index contributed by atoms with van der Waals surface area (Å²) in [6.07, 6.45) is 1.35. The third-order valence-electron chi connectivity index (χ3n) is 1.70. The summed E-state index contributed by atoms with van der Waals surface area (Å²) < 4.78 is 0. The molecule has 0 atom stereocenters. The van der Waals surface area contributed by atoms with Crippen molar-refractivity contribution in [2.45, 2.75) is 0 Å². The number of hydrogen-bond donors (Lipinski definition) is 4. The van der Waals surface area contributed by atoms with Gasteiger partial charge in [0.05, 0.1) is 6.21 Å². The Hall–Kier alpha value is -2.61. The lowest BCUT2D eigenvalue weighted by Gasteiger charge is -1.97. The van der Waals surface area contributed by atoms with Gasteiger partial charge in [0.15, 0.2) is 0 Å². The highest BCUT2D eigenvalue weighted by Gasteiger charge is 1.99. The summed E-state index contributed by atoms with van der Waals surface area (Å²) in [5.74, 6) is -0.306. The van der Waals surface area contributed by atoms with Crippen LogP contribution in [0, 0.1) is 0 Å². The number of nitrogens with two attached hydrogens (primary N) is 4. The molecule has 0 bridgehead atoms. The first-order chi connectivity index (χ1) is 8.59. The maximum absolute atomic E-state index is 5.20. The lowest BCUT2D eigenvalue weighted by molar-refractivity contribution is 1.20. The predicted molar refractivity (Wildman–Crippen MR) is 80.3 cm³/mol. The quantitative estimate of drug-likeness (QED) is 0.329. The van der Waals surface area contributed by atoms with E-state index in [1.165, 1.54) is 6.21 Å². The van der Waals surface area contributed by atoms with Crippen molar-refractivity contribution >= 4 is 36.3 Å². The van der Waals surface area contributed by atoms with Gasteiger partial charge in [0.2, 0.25) is 11.9 Å². The molecule has 0 unspecified atom stereocenters. The molecular weight excluding hydrogens is 268 g/mol. The van der Waals surface area contributed by atoms with Crippen LogP contribution in [0.15, 0.2) is 50.7 Å². The molecule has 1 aromatic carbocycles. The van der Waals surface area contributed by atoms with Crippen molar-refractivity contribution in [1.29, 1.82) is 0 Å². The van der Waals surface area contributed by atoms with E-state index in [0.717, 1.165) is 5.56 Å². The van der Waals surface area contributed by atoms with E-state index in [4.69, 9.17) is 22.9 Å². The van der Waals surface area contributed by atoms with Gasteiger partial charge in [-0.1, -0.05) is 30.3 Å². The Morgan fingerprint density at radius 1 is 0.842 bits per heavy atom. The Morgan fingerprint density at radius 2 is 1.42 bits per heavy atom. The van der Waals surface area contributed by atoms with Gasteiger partial charge in [0.25, 0.3) is 0 Å². The van der Waals surface area contributed by atoms with Gasteiger partial charge in [-0.2, -0.15) is 5.10 Å². The van der Waals surface area contributed by atoms with Gasteiger partial charge in [-0.05, 0) is 0 Å². The number of guanidine groups is 2. The van der Waals surface area contributed by atoms with E-state index in [1.807, 2.05) is 30.3 Å². The van der Waals surface area contributed by atoms with E-state index in [-0.39, 0.29) is 24.3 Å². The van der Waals surface area contributed by atoms with Crippen LogP contribution in [-0.4, -0.2) is 23.8 Å². The molecule has 0 saturated heterocycles. The highest BCUT2D eigenvalue weighted by Crippen LogP contribution is 2.00. The van der Waals surface area contributed by atoms with Crippen LogP contribution in [0.4, 0.5) is 0 Å². The first kappa shape index (κ1) is 16.4. The first-order valence-corrected chi connectivity index (χ1v) is 4.93. The Kier molecular flexibility index (Phi) is 7.31. The Bertz CT molecular complexity index is 498. The molecule has 0 aliphatic rings. The molecule has 8 nitrogen and oxygen atoms in total. The van der Waals surface area contributed by atoms with Crippen molar-refractivity contribution < 1.29 is 0 Å². The topological polar surface area (TPSA) is 154 Å². The molecule has 0 radical (unpaired) electrons. The third-order valence-corrected chi connectivity index (χ3v) is 1.70. The van der Waals surface area contributed by atoms with Crippen LogP contribution >= 0.6 is 12.4 Å². The summed E-state index contributed by atoms with van der Waals surface area (Å²) >= 11 is 0. The smallest absolute Gasteiger partial charge is 0.211 e. The Balaban J connectivity index is 0.00000324. The first-order valence-electron chi connectivity index (χ1n) is 4.93. The monoisotopic (exact) mass is 282 g/mol. The SMILES string of the molecule is Cl.NC(N)=N/N=C/C(=N/N=C(N)N)c1ccccc1. The summed E-state index contributed by atoms with van der Waals surface area (Å²) in [5.41, 5.74) is 21.9. The number of halogens is 1. The highest BCUT2D eigenvalue weighted by molar-refractivity contribution is 6.38. The number of rotatable bonds is 4. The van der Waals surface area contributed by atoms with Gasteiger partial charge in [-0.15, -0.1) is 27.7 Å². The molecule has 0 fully saturated rings. The lowest BCUT2D eigenvalue weighted by Crippen LogP contribution is -2.22. The molecule has 9 heteroatoms. The highest BCUT2D eigenvalue weighted by atomic mass is 35.5. The van der Waals surface area contributed by atoms with Gasteiger partial charge >= 0.3 is 0 Å². The molecule has 0 amide bonds.